The Bertz CT molecular complexity index is 1310. The fourth-order valence-corrected chi connectivity index (χ4v) is 5.18. The summed E-state index contributed by atoms with van der Waals surface area (Å²) < 4.78 is 69.3. The molecule has 1 aromatic heterocycles. The summed E-state index contributed by atoms with van der Waals surface area (Å²) in [6, 6.07) is 11.9. The number of rotatable bonds is 8. The van der Waals surface area contributed by atoms with E-state index in [9.17, 15) is 26.4 Å². The third-order valence-corrected chi connectivity index (χ3v) is 7.08. The zero-order chi connectivity index (χ0) is 25.8. The van der Waals surface area contributed by atoms with Crippen LogP contribution in [-0.4, -0.2) is 38.3 Å². The number of hydrogen-bond donors (Lipinski definition) is 1. The van der Waals surface area contributed by atoms with E-state index in [0.717, 1.165) is 34.9 Å². The second kappa shape index (κ2) is 10.6. The Morgan fingerprint density at radius 2 is 1.80 bits per heavy atom. The smallest absolute Gasteiger partial charge is 0.349 e. The van der Waals surface area contributed by atoms with Crippen LogP contribution in [0.4, 0.5) is 13.2 Å². The average Bonchev–Trinajstić information content (AvgIpc) is 2.81. The van der Waals surface area contributed by atoms with Crippen LogP contribution in [0.15, 0.2) is 71.9 Å². The van der Waals surface area contributed by atoms with Gasteiger partial charge in [0.25, 0.3) is 0 Å². The van der Waals surface area contributed by atoms with Crippen molar-refractivity contribution in [3.63, 3.8) is 0 Å². The highest BCUT2D eigenvalue weighted by atomic mass is 32.2. The summed E-state index contributed by atoms with van der Waals surface area (Å²) in [5.74, 6) is -0.231. The fraction of sp³-hybridized carbons (Fsp3) is 0.280. The Labute approximate surface area is 202 Å². The van der Waals surface area contributed by atoms with Gasteiger partial charge in [-0.15, -0.1) is 0 Å². The number of benzene rings is 2. The number of aryl methyl sites for hydroxylation is 1. The molecular formula is C25H26F3N3O3S. The fourth-order valence-electron chi connectivity index (χ4n) is 3.69. The molecule has 3 rings (SSSR count). The normalized spacial score (nSPS) is 12.9. The predicted molar refractivity (Wildman–Crippen MR) is 127 cm³/mol. The van der Waals surface area contributed by atoms with Crippen LogP contribution < -0.4 is 4.72 Å². The van der Waals surface area contributed by atoms with Gasteiger partial charge in [-0.05, 0) is 59.9 Å². The van der Waals surface area contributed by atoms with E-state index in [1.807, 2.05) is 19.1 Å². The van der Waals surface area contributed by atoms with Crippen molar-refractivity contribution in [2.24, 2.45) is 0 Å². The molecule has 0 spiro atoms. The Morgan fingerprint density at radius 3 is 2.46 bits per heavy atom. The number of aromatic nitrogens is 1. The molecule has 6 nitrogen and oxygen atoms in total. The van der Waals surface area contributed by atoms with Gasteiger partial charge in [-0.25, -0.2) is 13.1 Å². The molecule has 0 aliphatic carbocycles. The van der Waals surface area contributed by atoms with Gasteiger partial charge >= 0.3 is 6.18 Å². The summed E-state index contributed by atoms with van der Waals surface area (Å²) in [4.78, 5) is 16.8. The Morgan fingerprint density at radius 1 is 1.09 bits per heavy atom. The largest absolute Gasteiger partial charge is 0.417 e. The second-order valence-corrected chi connectivity index (χ2v) is 9.99. The molecule has 0 saturated carbocycles. The molecule has 1 N–H and O–H groups in total. The number of nitrogens with one attached hydrogen (secondary N) is 1. The molecule has 1 amide bonds. The minimum Gasteiger partial charge on any atom is -0.349 e. The van der Waals surface area contributed by atoms with E-state index >= 15 is 0 Å². The van der Waals surface area contributed by atoms with E-state index in [-0.39, 0.29) is 18.7 Å². The summed E-state index contributed by atoms with van der Waals surface area (Å²) in [5, 5.41) is 0. The SMILES string of the molecule is Cc1cnccc1-c1cccc([C@H](CCC(=O)N(C)C)NS(=O)(=O)c2ccccc2C(F)(F)F)c1. The van der Waals surface area contributed by atoms with Crippen molar-refractivity contribution in [3.8, 4) is 11.1 Å². The van der Waals surface area contributed by atoms with E-state index in [1.54, 1.807) is 44.7 Å². The molecule has 0 unspecified atom stereocenters. The van der Waals surface area contributed by atoms with Gasteiger partial charge in [0, 0.05) is 39.0 Å². The average molecular weight is 506 g/mol. The van der Waals surface area contributed by atoms with Gasteiger partial charge in [0.1, 0.15) is 0 Å². The molecule has 0 radical (unpaired) electrons. The van der Waals surface area contributed by atoms with Crippen molar-refractivity contribution >= 4 is 15.9 Å². The Balaban J connectivity index is 2.03. The van der Waals surface area contributed by atoms with E-state index in [2.05, 4.69) is 9.71 Å². The lowest BCUT2D eigenvalue weighted by Crippen LogP contribution is -2.31. The van der Waals surface area contributed by atoms with Crippen LogP contribution in [0.1, 0.15) is 35.6 Å². The lowest BCUT2D eigenvalue weighted by Gasteiger charge is -2.22. The van der Waals surface area contributed by atoms with Crippen LogP contribution in [0.25, 0.3) is 11.1 Å². The molecule has 186 valence electrons. The second-order valence-electron chi connectivity index (χ2n) is 8.31. The van der Waals surface area contributed by atoms with Gasteiger partial charge < -0.3 is 4.90 Å². The predicted octanol–water partition coefficient (Wildman–Crippen LogP) is 4.96. The Hall–Kier alpha value is -3.24. The van der Waals surface area contributed by atoms with Crippen LogP contribution >= 0.6 is 0 Å². The minimum atomic E-state index is -4.85. The van der Waals surface area contributed by atoms with E-state index < -0.39 is 32.7 Å². The number of nitrogens with zero attached hydrogens (tertiary/aromatic N) is 2. The third kappa shape index (κ3) is 6.46. The highest BCUT2D eigenvalue weighted by Gasteiger charge is 2.37. The van der Waals surface area contributed by atoms with Crippen LogP contribution in [0, 0.1) is 6.92 Å². The highest BCUT2D eigenvalue weighted by molar-refractivity contribution is 7.89. The molecule has 3 aromatic rings. The molecule has 0 bridgehead atoms. The quantitative estimate of drug-likeness (QED) is 0.469. The Kier molecular flexibility index (Phi) is 7.97. The topological polar surface area (TPSA) is 79.4 Å². The molecule has 0 aliphatic rings. The number of alkyl halides is 3. The first-order valence-corrected chi connectivity index (χ1v) is 12.3. The summed E-state index contributed by atoms with van der Waals surface area (Å²) in [6.07, 6.45) is -1.45. The number of halogens is 3. The molecule has 35 heavy (non-hydrogen) atoms. The molecule has 0 aliphatic heterocycles. The van der Waals surface area contributed by atoms with Crippen molar-refractivity contribution in [1.82, 2.24) is 14.6 Å². The number of pyridine rings is 1. The molecule has 2 aromatic carbocycles. The maximum Gasteiger partial charge on any atom is 0.417 e. The van der Waals surface area contributed by atoms with Gasteiger partial charge in [-0.3, -0.25) is 9.78 Å². The van der Waals surface area contributed by atoms with Crippen molar-refractivity contribution in [2.45, 2.75) is 36.9 Å². The lowest BCUT2D eigenvalue weighted by atomic mass is 9.96. The van der Waals surface area contributed by atoms with Crippen LogP contribution in [0.5, 0.6) is 0 Å². The number of sulfonamides is 1. The van der Waals surface area contributed by atoms with E-state index in [0.29, 0.717) is 5.56 Å². The van der Waals surface area contributed by atoms with Crippen LogP contribution in [0.2, 0.25) is 0 Å². The highest BCUT2D eigenvalue weighted by Crippen LogP contribution is 2.35. The number of hydrogen-bond acceptors (Lipinski definition) is 4. The first-order valence-electron chi connectivity index (χ1n) is 10.8. The van der Waals surface area contributed by atoms with Gasteiger partial charge in [0.2, 0.25) is 15.9 Å². The molecular weight excluding hydrogens is 479 g/mol. The van der Waals surface area contributed by atoms with E-state index in [1.165, 1.54) is 11.0 Å². The maximum absolute atomic E-state index is 13.5. The van der Waals surface area contributed by atoms with Crippen molar-refractivity contribution in [2.75, 3.05) is 14.1 Å². The van der Waals surface area contributed by atoms with Gasteiger partial charge in [0.15, 0.2) is 0 Å². The van der Waals surface area contributed by atoms with Gasteiger partial charge in [-0.1, -0.05) is 30.3 Å². The lowest BCUT2D eigenvalue weighted by molar-refractivity contribution is -0.139. The first-order chi connectivity index (χ1) is 16.4. The standard InChI is InChI=1S/C25H26F3N3O3S/c1-17-16-29-14-13-20(17)18-7-6-8-19(15-18)22(11-12-24(32)31(2)3)30-35(33,34)23-10-5-4-9-21(23)25(26,27)28/h4-10,13-16,22,30H,11-12H2,1-3H3/t22-/m0/s1. The van der Waals surface area contributed by atoms with Gasteiger partial charge in [-0.2, -0.15) is 13.2 Å². The first kappa shape index (κ1) is 26.4. The summed E-state index contributed by atoms with van der Waals surface area (Å²) in [7, 11) is -1.43. The van der Waals surface area contributed by atoms with Crippen molar-refractivity contribution in [1.29, 1.82) is 0 Å². The van der Waals surface area contributed by atoms with E-state index in [4.69, 9.17) is 0 Å². The molecule has 0 fully saturated rings. The molecule has 1 heterocycles. The number of carbonyl (C=O) groups excluding carboxylic acids is 1. The number of amides is 1. The van der Waals surface area contributed by atoms with Gasteiger partial charge in [0.05, 0.1) is 10.5 Å². The summed E-state index contributed by atoms with van der Waals surface area (Å²) in [5.41, 5.74) is 1.86. The zero-order valence-corrected chi connectivity index (χ0v) is 20.3. The van der Waals surface area contributed by atoms with Crippen molar-refractivity contribution < 1.29 is 26.4 Å². The van der Waals surface area contributed by atoms with Crippen molar-refractivity contribution in [3.05, 3.63) is 83.7 Å². The molecule has 10 heteroatoms. The van der Waals surface area contributed by atoms with Crippen LogP contribution in [0.3, 0.4) is 0 Å². The summed E-state index contributed by atoms with van der Waals surface area (Å²) >= 11 is 0. The van der Waals surface area contributed by atoms with Crippen LogP contribution in [-0.2, 0) is 21.0 Å². The zero-order valence-electron chi connectivity index (χ0n) is 19.5. The minimum absolute atomic E-state index is 0.000380. The maximum atomic E-state index is 13.5. The third-order valence-electron chi connectivity index (χ3n) is 5.55. The monoisotopic (exact) mass is 505 g/mol. The number of carbonyl (C=O) groups is 1. The summed E-state index contributed by atoms with van der Waals surface area (Å²) in [6.45, 7) is 1.89. The molecule has 1 atom stereocenters. The molecule has 0 saturated heterocycles.